The SMILES string of the molecule is OC[C@H]1O[C@@H](O[C@H]2[C@H](O)[C@@H](O)[C@H](O)O[C@@H]2CO)[C@H](O)[C@@H](O)[C@H]1O.OC[C@H]1O[C@@H](O[C@H]2[C@H](O)[C@@H](O)[C@H](O)O[C@@H]2CO)[C@H](O)[C@@H](O)[C@H]1O.OC[C@H]1O[C@@H](O[C@H]2[C@H](O)[C@@H](O)[C@H](O)O[C@@H]2CO)[C@H](O)[C@@H](O)[C@H]1O.OC[C@H]1O[C@@H](O[C@H]2[C@H](O)[C@@H](O)[C@H](O)O[C@@H]2CO)[C@H](O)[C@@H](O)[C@H]1O.OC[C@H]1O[C@@H](O[C@H]2[C@H](O)[C@@H](O)[C@H](O)O[C@@H]2CO)[C@H](O)[C@@H](O)[C@H]1O. The average molecular weight is 1710 g/mol. The Morgan fingerprint density at radius 3 is 0.365 bits per heavy atom. The Bertz CT molecular complexity index is 2300. The van der Waals surface area contributed by atoms with Gasteiger partial charge in [-0.2, -0.15) is 0 Å². The summed E-state index contributed by atoms with van der Waals surface area (Å²) in [4.78, 5) is 0. The van der Waals surface area contributed by atoms with Gasteiger partial charge in [0.15, 0.2) is 62.9 Å². The quantitative estimate of drug-likeness (QED) is 0.0538. The summed E-state index contributed by atoms with van der Waals surface area (Å²) in [5.74, 6) is 0. The molecule has 55 heteroatoms. The highest BCUT2D eigenvalue weighted by atomic mass is 16.8. The van der Waals surface area contributed by atoms with Crippen molar-refractivity contribution in [3.8, 4) is 0 Å². The van der Waals surface area contributed by atoms with E-state index in [1.807, 2.05) is 0 Å². The molecule has 0 unspecified atom stereocenters. The summed E-state index contributed by atoms with van der Waals surface area (Å²) in [6.45, 7) is -6.73. The minimum absolute atomic E-state index is 0.667. The highest BCUT2D eigenvalue weighted by Crippen LogP contribution is 2.36. The lowest BCUT2D eigenvalue weighted by Gasteiger charge is -2.45. The summed E-state index contributed by atoms with van der Waals surface area (Å²) in [5, 5.41) is 382. The fourth-order valence-corrected chi connectivity index (χ4v) is 12.8. The molecule has 0 aromatic rings. The van der Waals surface area contributed by atoms with Crippen molar-refractivity contribution in [1.82, 2.24) is 0 Å². The molecule has 0 aromatic carbocycles. The first kappa shape index (κ1) is 102. The van der Waals surface area contributed by atoms with Crippen LogP contribution in [0.4, 0.5) is 0 Å². The molecule has 0 bridgehead atoms. The Morgan fingerprint density at radius 1 is 0.130 bits per heavy atom. The Balaban J connectivity index is 0.000000224. The second-order valence-electron chi connectivity index (χ2n) is 27.6. The van der Waals surface area contributed by atoms with Crippen LogP contribution in [0.2, 0.25) is 0 Å². The maximum absolute atomic E-state index is 9.94. The van der Waals surface area contributed by atoms with Gasteiger partial charge in [0.1, 0.15) is 244 Å². The second-order valence-corrected chi connectivity index (χ2v) is 27.6. The van der Waals surface area contributed by atoms with Crippen molar-refractivity contribution < 1.29 is 275 Å². The third-order valence-electron chi connectivity index (χ3n) is 19.9. The van der Waals surface area contributed by atoms with Crippen LogP contribution in [-0.4, -0.2) is 577 Å². The van der Waals surface area contributed by atoms with E-state index in [1.54, 1.807) is 0 Å². The molecule has 10 saturated heterocycles. The molecule has 50 atom stereocenters. The summed E-state index contributed by atoms with van der Waals surface area (Å²) in [7, 11) is 0. The zero-order valence-electron chi connectivity index (χ0n) is 60.0. The van der Waals surface area contributed by atoms with Crippen molar-refractivity contribution in [2.45, 2.75) is 307 Å². The second kappa shape index (κ2) is 46.0. The predicted molar refractivity (Wildman–Crippen MR) is 343 cm³/mol. The molecule has 0 aromatic heterocycles. The van der Waals surface area contributed by atoms with Gasteiger partial charge in [-0.25, -0.2) is 0 Å². The van der Waals surface area contributed by atoms with Gasteiger partial charge >= 0.3 is 0 Å². The van der Waals surface area contributed by atoms with Gasteiger partial charge in [0.2, 0.25) is 0 Å². The van der Waals surface area contributed by atoms with Crippen molar-refractivity contribution in [2.75, 3.05) is 66.1 Å². The van der Waals surface area contributed by atoms with E-state index in [-0.39, 0.29) is 0 Å². The van der Waals surface area contributed by atoms with Crippen LogP contribution in [0.1, 0.15) is 0 Å². The molecule has 0 amide bonds. The number of ether oxygens (including phenoxy) is 15. The minimum Gasteiger partial charge on any atom is -0.394 e. The van der Waals surface area contributed by atoms with Crippen LogP contribution in [0.25, 0.3) is 0 Å². The monoisotopic (exact) mass is 1710 g/mol. The first-order chi connectivity index (χ1) is 54.1. The summed E-state index contributed by atoms with van der Waals surface area (Å²) in [6.07, 6.45) is -77.9. The molecule has 55 nitrogen and oxygen atoms in total. The molecule has 10 fully saturated rings. The van der Waals surface area contributed by atoms with Gasteiger partial charge in [0, 0.05) is 0 Å². The number of hydrogen-bond donors (Lipinski definition) is 40. The fraction of sp³-hybridized carbons (Fsp3) is 1.00. The molecule has 0 spiro atoms. The minimum atomic E-state index is -1.74. The Hall–Kier alpha value is -2.20. The van der Waals surface area contributed by atoms with E-state index in [4.69, 9.17) is 96.6 Å². The van der Waals surface area contributed by atoms with Crippen molar-refractivity contribution in [3.05, 3.63) is 0 Å². The third-order valence-corrected chi connectivity index (χ3v) is 19.9. The van der Waals surface area contributed by atoms with Gasteiger partial charge < -0.3 is 275 Å². The van der Waals surface area contributed by atoms with Crippen LogP contribution >= 0.6 is 0 Å². The number of hydrogen-bond acceptors (Lipinski definition) is 55. The van der Waals surface area contributed by atoms with E-state index < -0.39 is 373 Å². The molecule has 115 heavy (non-hydrogen) atoms. The molecule has 680 valence electrons. The van der Waals surface area contributed by atoms with Crippen LogP contribution in [0.5, 0.6) is 0 Å². The largest absolute Gasteiger partial charge is 0.394 e. The van der Waals surface area contributed by atoms with Crippen molar-refractivity contribution in [1.29, 1.82) is 0 Å². The summed E-state index contributed by atoms with van der Waals surface area (Å²) < 4.78 is 76.3. The zero-order chi connectivity index (χ0) is 86.5. The van der Waals surface area contributed by atoms with Gasteiger partial charge in [-0.1, -0.05) is 0 Å². The van der Waals surface area contributed by atoms with Crippen LogP contribution in [0.15, 0.2) is 0 Å². The Morgan fingerprint density at radius 2 is 0.252 bits per heavy atom. The molecule has 0 aliphatic carbocycles. The zero-order valence-corrected chi connectivity index (χ0v) is 60.0. The lowest BCUT2D eigenvalue weighted by Crippen LogP contribution is -2.64. The Kier molecular flexibility index (Phi) is 40.6. The third kappa shape index (κ3) is 23.8. The number of rotatable bonds is 20. The van der Waals surface area contributed by atoms with Gasteiger partial charge in [-0.3, -0.25) is 0 Å². The van der Waals surface area contributed by atoms with Crippen LogP contribution in [-0.2, 0) is 71.1 Å². The fourth-order valence-electron chi connectivity index (χ4n) is 12.8. The lowest BCUT2D eigenvalue weighted by molar-refractivity contribution is -0.355. The van der Waals surface area contributed by atoms with Gasteiger partial charge in [0.25, 0.3) is 0 Å². The number of aliphatic hydroxyl groups is 40. The predicted octanol–water partition coefficient (Wildman–Crippen LogP) is -27.0. The molecular weight excluding hydrogens is 1600 g/mol. The summed E-state index contributed by atoms with van der Waals surface area (Å²) in [6, 6.07) is 0. The van der Waals surface area contributed by atoms with E-state index >= 15 is 0 Å². The summed E-state index contributed by atoms with van der Waals surface area (Å²) >= 11 is 0. The van der Waals surface area contributed by atoms with Crippen molar-refractivity contribution in [3.63, 3.8) is 0 Å². The van der Waals surface area contributed by atoms with Gasteiger partial charge in [0.05, 0.1) is 66.1 Å². The molecule has 10 aliphatic rings. The van der Waals surface area contributed by atoms with Crippen LogP contribution in [0, 0.1) is 0 Å². The average Bonchev–Trinajstić information content (AvgIpc) is 0.803. The van der Waals surface area contributed by atoms with Gasteiger partial charge in [-0.15, -0.1) is 0 Å². The Labute approximate surface area is 647 Å². The highest BCUT2D eigenvalue weighted by Gasteiger charge is 2.57. The van der Waals surface area contributed by atoms with Crippen molar-refractivity contribution >= 4 is 0 Å². The maximum atomic E-state index is 9.94. The van der Waals surface area contributed by atoms with E-state index in [0.29, 0.717) is 0 Å². The van der Waals surface area contributed by atoms with Crippen LogP contribution < -0.4 is 0 Å². The molecule has 10 rings (SSSR count). The molecule has 10 aliphatic heterocycles. The summed E-state index contributed by atoms with van der Waals surface area (Å²) in [5.41, 5.74) is 0. The number of aliphatic hydroxyl groups excluding tert-OH is 40. The molecule has 40 N–H and O–H groups in total. The first-order valence-electron chi connectivity index (χ1n) is 35.4. The lowest BCUT2D eigenvalue weighted by atomic mass is 9.97. The van der Waals surface area contributed by atoms with Crippen LogP contribution in [0.3, 0.4) is 0 Å². The smallest absolute Gasteiger partial charge is 0.187 e. The van der Waals surface area contributed by atoms with E-state index in [1.165, 1.54) is 0 Å². The molecule has 10 heterocycles. The van der Waals surface area contributed by atoms with Gasteiger partial charge in [-0.05, 0) is 0 Å². The van der Waals surface area contributed by atoms with E-state index in [2.05, 4.69) is 0 Å². The van der Waals surface area contributed by atoms with Crippen molar-refractivity contribution in [2.24, 2.45) is 0 Å². The van der Waals surface area contributed by atoms with E-state index in [9.17, 15) is 179 Å². The molecule has 0 radical (unpaired) electrons. The standard InChI is InChI=1S/5C12H22O11/c5*13-1-3-5(15)6(16)9(19)12(22-3)23-10-4(2-14)21-11(20)8(18)7(10)17/h5*3-20H,1-2H2/t5*3-,4-,5+,6+,7-,8-,9-,10-,11-,12+/m11111/s1. The first-order valence-corrected chi connectivity index (χ1v) is 35.4. The molecular formula is C60H110O55. The van der Waals surface area contributed by atoms with E-state index in [0.717, 1.165) is 0 Å². The normalized spacial score (nSPS) is 51.7. The maximum Gasteiger partial charge on any atom is 0.187 e. The molecule has 0 saturated carbocycles. The topological polar surface area (TPSA) is 948 Å². The highest BCUT2D eigenvalue weighted by molar-refractivity contribution is 5.00.